The summed E-state index contributed by atoms with van der Waals surface area (Å²) < 4.78 is 7.59. The van der Waals surface area contributed by atoms with Crippen LogP contribution in [0.15, 0.2) is 12.5 Å². The van der Waals surface area contributed by atoms with Gasteiger partial charge >= 0.3 is 0 Å². The molecule has 1 fully saturated rings. The second kappa shape index (κ2) is 5.89. The summed E-state index contributed by atoms with van der Waals surface area (Å²) in [7, 11) is 0. The molecule has 1 saturated heterocycles. The molecule has 0 spiro atoms. The molecule has 2 heterocycles. The predicted molar refractivity (Wildman–Crippen MR) is 71.1 cm³/mol. The van der Waals surface area contributed by atoms with Gasteiger partial charge in [-0.2, -0.15) is 11.8 Å². The smallest absolute Gasteiger partial charge is 0.0949 e. The van der Waals surface area contributed by atoms with Crippen molar-refractivity contribution in [2.24, 2.45) is 11.7 Å². The first-order valence-electron chi connectivity index (χ1n) is 6.08. The molecule has 2 N–H and O–H groups in total. The van der Waals surface area contributed by atoms with Gasteiger partial charge in [-0.3, -0.25) is 0 Å². The van der Waals surface area contributed by atoms with E-state index in [1.165, 1.54) is 0 Å². The summed E-state index contributed by atoms with van der Waals surface area (Å²) in [6, 6.07) is 0.0501. The van der Waals surface area contributed by atoms with Crippen molar-refractivity contribution in [1.29, 1.82) is 0 Å². The Morgan fingerprint density at radius 3 is 3.18 bits per heavy atom. The van der Waals surface area contributed by atoms with Crippen LogP contribution >= 0.6 is 11.8 Å². The molecular weight excluding hydrogens is 234 g/mol. The molecule has 0 aromatic carbocycles. The van der Waals surface area contributed by atoms with Crippen LogP contribution < -0.4 is 5.73 Å². The fourth-order valence-electron chi connectivity index (χ4n) is 2.19. The SMILES string of the molecule is CSC(C)Cn1cncc1C(N)C1CCOC1. The highest BCUT2D eigenvalue weighted by atomic mass is 32.2. The van der Waals surface area contributed by atoms with Crippen LogP contribution in [0.25, 0.3) is 0 Å². The van der Waals surface area contributed by atoms with Crippen LogP contribution in [0.2, 0.25) is 0 Å². The zero-order valence-electron chi connectivity index (χ0n) is 10.5. The first-order chi connectivity index (χ1) is 8.22. The molecule has 2 rings (SSSR count). The molecule has 0 amide bonds. The van der Waals surface area contributed by atoms with E-state index in [1.807, 2.05) is 24.3 Å². The van der Waals surface area contributed by atoms with Crippen LogP contribution in [0.4, 0.5) is 0 Å². The Bertz CT molecular complexity index is 349. The first kappa shape index (κ1) is 12.9. The second-order valence-electron chi connectivity index (χ2n) is 4.67. The molecule has 0 aliphatic carbocycles. The van der Waals surface area contributed by atoms with Crippen molar-refractivity contribution < 1.29 is 4.74 Å². The van der Waals surface area contributed by atoms with Gasteiger partial charge in [-0.25, -0.2) is 4.98 Å². The highest BCUT2D eigenvalue weighted by Crippen LogP contribution is 2.27. The van der Waals surface area contributed by atoms with Crippen molar-refractivity contribution in [3.8, 4) is 0 Å². The number of rotatable bonds is 5. The molecule has 1 aromatic heterocycles. The molecule has 96 valence electrons. The first-order valence-corrected chi connectivity index (χ1v) is 7.37. The molecular formula is C12H21N3OS. The Morgan fingerprint density at radius 1 is 1.71 bits per heavy atom. The van der Waals surface area contributed by atoms with Crippen LogP contribution in [-0.4, -0.2) is 34.3 Å². The fraction of sp³-hybridized carbons (Fsp3) is 0.750. The maximum Gasteiger partial charge on any atom is 0.0949 e. The number of hydrogen-bond acceptors (Lipinski definition) is 4. The Hall–Kier alpha value is -0.520. The average Bonchev–Trinajstić information content (AvgIpc) is 2.98. The van der Waals surface area contributed by atoms with E-state index in [9.17, 15) is 0 Å². The Morgan fingerprint density at radius 2 is 2.53 bits per heavy atom. The van der Waals surface area contributed by atoms with E-state index in [-0.39, 0.29) is 6.04 Å². The zero-order valence-corrected chi connectivity index (χ0v) is 11.3. The van der Waals surface area contributed by atoms with Gasteiger partial charge in [-0.1, -0.05) is 6.92 Å². The van der Waals surface area contributed by atoms with Crippen molar-refractivity contribution in [1.82, 2.24) is 9.55 Å². The minimum Gasteiger partial charge on any atom is -0.381 e. The summed E-state index contributed by atoms with van der Waals surface area (Å²) in [4.78, 5) is 4.23. The lowest BCUT2D eigenvalue weighted by molar-refractivity contribution is 0.180. The van der Waals surface area contributed by atoms with Gasteiger partial charge in [0.15, 0.2) is 0 Å². The van der Waals surface area contributed by atoms with E-state index < -0.39 is 0 Å². The molecule has 1 aromatic rings. The van der Waals surface area contributed by atoms with Crippen molar-refractivity contribution in [3.63, 3.8) is 0 Å². The third-order valence-electron chi connectivity index (χ3n) is 3.41. The number of ether oxygens (including phenoxy) is 1. The van der Waals surface area contributed by atoms with Crippen LogP contribution in [0, 0.1) is 5.92 Å². The number of nitrogens with two attached hydrogens (primary N) is 1. The van der Waals surface area contributed by atoms with E-state index in [0.717, 1.165) is 31.9 Å². The Kier molecular flexibility index (Phi) is 4.48. The highest BCUT2D eigenvalue weighted by molar-refractivity contribution is 7.99. The van der Waals surface area contributed by atoms with Crippen LogP contribution in [-0.2, 0) is 11.3 Å². The van der Waals surface area contributed by atoms with Gasteiger partial charge in [0.1, 0.15) is 0 Å². The lowest BCUT2D eigenvalue weighted by atomic mass is 9.97. The molecule has 5 heteroatoms. The predicted octanol–water partition coefficient (Wildman–Crippen LogP) is 1.67. The molecule has 4 nitrogen and oxygen atoms in total. The number of thioether (sulfide) groups is 1. The van der Waals surface area contributed by atoms with Gasteiger partial charge < -0.3 is 15.0 Å². The van der Waals surface area contributed by atoms with E-state index in [2.05, 4.69) is 22.7 Å². The third kappa shape index (κ3) is 3.03. The minimum atomic E-state index is 0.0501. The molecule has 1 aliphatic rings. The molecule has 0 saturated carbocycles. The lowest BCUT2D eigenvalue weighted by Crippen LogP contribution is -2.25. The lowest BCUT2D eigenvalue weighted by Gasteiger charge is -2.20. The summed E-state index contributed by atoms with van der Waals surface area (Å²) in [5, 5.41) is 0.579. The molecule has 3 atom stereocenters. The second-order valence-corrected chi connectivity index (χ2v) is 5.94. The maximum absolute atomic E-state index is 6.32. The zero-order chi connectivity index (χ0) is 12.3. The van der Waals surface area contributed by atoms with E-state index >= 15 is 0 Å². The van der Waals surface area contributed by atoms with Gasteiger partial charge in [-0.15, -0.1) is 0 Å². The highest BCUT2D eigenvalue weighted by Gasteiger charge is 2.26. The summed E-state index contributed by atoms with van der Waals surface area (Å²) in [5.41, 5.74) is 7.46. The number of hydrogen-bond donors (Lipinski definition) is 1. The number of imidazole rings is 1. The van der Waals surface area contributed by atoms with E-state index in [4.69, 9.17) is 10.5 Å². The summed E-state index contributed by atoms with van der Waals surface area (Å²) >= 11 is 1.86. The largest absolute Gasteiger partial charge is 0.381 e. The summed E-state index contributed by atoms with van der Waals surface area (Å²) in [5.74, 6) is 0.440. The van der Waals surface area contributed by atoms with Crippen molar-refractivity contribution in [2.45, 2.75) is 31.2 Å². The third-order valence-corrected chi connectivity index (χ3v) is 4.37. The van der Waals surface area contributed by atoms with Gasteiger partial charge in [0.25, 0.3) is 0 Å². The van der Waals surface area contributed by atoms with Gasteiger partial charge in [-0.05, 0) is 12.7 Å². The molecule has 0 radical (unpaired) electrons. The van der Waals surface area contributed by atoms with E-state index in [1.54, 1.807) is 0 Å². The van der Waals surface area contributed by atoms with E-state index in [0.29, 0.717) is 11.2 Å². The van der Waals surface area contributed by atoms with Crippen LogP contribution in [0.5, 0.6) is 0 Å². The van der Waals surface area contributed by atoms with Crippen LogP contribution in [0.3, 0.4) is 0 Å². The van der Waals surface area contributed by atoms with Gasteiger partial charge in [0.05, 0.1) is 24.7 Å². The molecule has 3 unspecified atom stereocenters. The minimum absolute atomic E-state index is 0.0501. The number of aromatic nitrogens is 2. The quantitative estimate of drug-likeness (QED) is 0.869. The molecule has 0 bridgehead atoms. The van der Waals surface area contributed by atoms with Gasteiger partial charge in [0, 0.05) is 30.5 Å². The fourth-order valence-corrected chi connectivity index (χ4v) is 2.50. The summed E-state index contributed by atoms with van der Waals surface area (Å²) in [6.45, 7) is 4.81. The van der Waals surface area contributed by atoms with Crippen LogP contribution in [0.1, 0.15) is 25.1 Å². The molecule has 17 heavy (non-hydrogen) atoms. The Labute approximate surface area is 107 Å². The monoisotopic (exact) mass is 255 g/mol. The van der Waals surface area contributed by atoms with Crippen molar-refractivity contribution >= 4 is 11.8 Å². The van der Waals surface area contributed by atoms with Crippen molar-refractivity contribution in [3.05, 3.63) is 18.2 Å². The Balaban J connectivity index is 2.06. The standard InChI is InChI=1S/C12H21N3OS/c1-9(17-2)6-15-8-14-5-11(15)12(13)10-3-4-16-7-10/h5,8-10,12H,3-4,6-7,13H2,1-2H3. The topological polar surface area (TPSA) is 53.1 Å². The average molecular weight is 255 g/mol. The van der Waals surface area contributed by atoms with Gasteiger partial charge in [0.2, 0.25) is 0 Å². The van der Waals surface area contributed by atoms with Crippen molar-refractivity contribution in [2.75, 3.05) is 19.5 Å². The number of nitrogens with zero attached hydrogens (tertiary/aromatic N) is 2. The summed E-state index contributed by atoms with van der Waals surface area (Å²) in [6.07, 6.45) is 6.98. The molecule has 1 aliphatic heterocycles. The normalized spacial score (nSPS) is 23.8. The maximum atomic E-state index is 6.32.